The molecule has 0 aromatic rings. The number of unbranched alkanes of at least 4 members (excludes halogenated alkanes) is 39. The van der Waals surface area contributed by atoms with Crippen LogP contribution in [0.3, 0.4) is 0 Å². The summed E-state index contributed by atoms with van der Waals surface area (Å²) in [6.07, 6.45) is 86.3. The molecule has 0 aliphatic rings. The highest BCUT2D eigenvalue weighted by molar-refractivity contribution is 5.71. The number of carbonyl (C=O) groups is 3. The van der Waals surface area contributed by atoms with Crippen molar-refractivity contribution in [3.63, 3.8) is 0 Å². The number of carbonyl (C=O) groups excluding carboxylic acids is 3. The van der Waals surface area contributed by atoms with E-state index in [1.165, 1.54) is 212 Å². The molecule has 6 heteroatoms. The van der Waals surface area contributed by atoms with Gasteiger partial charge in [-0.25, -0.2) is 0 Å². The molecule has 1 unspecified atom stereocenters. The predicted molar refractivity (Wildman–Crippen MR) is 339 cm³/mol. The molecule has 0 aliphatic heterocycles. The van der Waals surface area contributed by atoms with E-state index in [1.54, 1.807) is 0 Å². The number of esters is 3. The van der Waals surface area contributed by atoms with E-state index < -0.39 is 6.10 Å². The lowest BCUT2D eigenvalue weighted by molar-refractivity contribution is -0.167. The van der Waals surface area contributed by atoms with Gasteiger partial charge in [-0.05, 0) is 89.9 Å². The summed E-state index contributed by atoms with van der Waals surface area (Å²) in [5, 5.41) is 0. The van der Waals surface area contributed by atoms with Crippen LogP contribution in [0.15, 0.2) is 72.9 Å². The maximum atomic E-state index is 12.9. The maximum absolute atomic E-state index is 12.9. The second kappa shape index (κ2) is 66.4. The van der Waals surface area contributed by atoms with Crippen molar-refractivity contribution in [1.29, 1.82) is 0 Å². The second-order valence-electron chi connectivity index (χ2n) is 22.7. The molecule has 0 aromatic carbocycles. The van der Waals surface area contributed by atoms with Crippen LogP contribution in [0.25, 0.3) is 0 Å². The lowest BCUT2D eigenvalue weighted by Gasteiger charge is -2.18. The highest BCUT2D eigenvalue weighted by atomic mass is 16.6. The van der Waals surface area contributed by atoms with Gasteiger partial charge in [-0.15, -0.1) is 0 Å². The van der Waals surface area contributed by atoms with E-state index in [4.69, 9.17) is 14.2 Å². The molecule has 0 aliphatic carbocycles. The fourth-order valence-electron chi connectivity index (χ4n) is 9.88. The molecule has 0 radical (unpaired) electrons. The Hall–Kier alpha value is -3.15. The topological polar surface area (TPSA) is 78.9 Å². The molecule has 0 saturated heterocycles. The molecular weight excluding hydrogens is 961 g/mol. The van der Waals surface area contributed by atoms with Gasteiger partial charge >= 0.3 is 17.9 Å². The van der Waals surface area contributed by atoms with Crippen molar-refractivity contribution >= 4 is 17.9 Å². The summed E-state index contributed by atoms with van der Waals surface area (Å²) in [6, 6.07) is 0. The minimum atomic E-state index is -0.779. The molecule has 0 rings (SSSR count). The Bertz CT molecular complexity index is 1440. The SMILES string of the molecule is CC/C=C\C/C=C\C/C=C\C/C=C\CCCCCCCCCCCCCCCCC(=O)OCC(COC(=O)CCCCCCCCCCCCCCCCC)OC(=O)CCCCCCCCC/C=C\C/C=C\CCCCCC. The van der Waals surface area contributed by atoms with Crippen LogP contribution in [0.2, 0.25) is 0 Å². The highest BCUT2D eigenvalue weighted by Gasteiger charge is 2.19. The number of allylic oxidation sites excluding steroid dienone is 12. The minimum Gasteiger partial charge on any atom is -0.462 e. The van der Waals surface area contributed by atoms with Crippen molar-refractivity contribution in [2.75, 3.05) is 13.2 Å². The van der Waals surface area contributed by atoms with Crippen LogP contribution >= 0.6 is 0 Å². The monoisotopic (exact) mass is 1090 g/mol. The summed E-state index contributed by atoms with van der Waals surface area (Å²) in [5.41, 5.74) is 0. The second-order valence-corrected chi connectivity index (χ2v) is 22.7. The van der Waals surface area contributed by atoms with Crippen molar-refractivity contribution in [3.8, 4) is 0 Å². The third-order valence-corrected chi connectivity index (χ3v) is 14.9. The quantitative estimate of drug-likeness (QED) is 0.0261. The zero-order chi connectivity index (χ0) is 56.4. The van der Waals surface area contributed by atoms with Gasteiger partial charge in [0.1, 0.15) is 13.2 Å². The highest BCUT2D eigenvalue weighted by Crippen LogP contribution is 2.17. The van der Waals surface area contributed by atoms with E-state index in [-0.39, 0.29) is 31.1 Å². The zero-order valence-electron chi connectivity index (χ0n) is 51.9. The molecule has 0 spiro atoms. The molecule has 0 N–H and O–H groups in total. The number of hydrogen-bond donors (Lipinski definition) is 0. The summed E-state index contributed by atoms with van der Waals surface area (Å²) < 4.78 is 17.0. The van der Waals surface area contributed by atoms with Gasteiger partial charge < -0.3 is 14.2 Å². The van der Waals surface area contributed by atoms with Crippen LogP contribution in [0.1, 0.15) is 348 Å². The summed E-state index contributed by atoms with van der Waals surface area (Å²) in [7, 11) is 0. The fourth-order valence-corrected chi connectivity index (χ4v) is 9.88. The first-order valence-corrected chi connectivity index (χ1v) is 33.9. The molecule has 0 heterocycles. The molecule has 6 nitrogen and oxygen atoms in total. The molecule has 1 atom stereocenters. The normalized spacial score (nSPS) is 12.5. The maximum Gasteiger partial charge on any atom is 0.306 e. The summed E-state index contributed by atoms with van der Waals surface area (Å²) in [5.74, 6) is -0.862. The Morgan fingerprint density at radius 1 is 0.269 bits per heavy atom. The van der Waals surface area contributed by atoms with Gasteiger partial charge in [-0.1, -0.05) is 312 Å². The average molecular weight is 1090 g/mol. The van der Waals surface area contributed by atoms with Crippen LogP contribution in [0.5, 0.6) is 0 Å². The van der Waals surface area contributed by atoms with Gasteiger partial charge in [0.05, 0.1) is 0 Å². The first-order valence-electron chi connectivity index (χ1n) is 33.9. The van der Waals surface area contributed by atoms with E-state index in [9.17, 15) is 14.4 Å². The van der Waals surface area contributed by atoms with Gasteiger partial charge in [0.15, 0.2) is 6.10 Å². The summed E-state index contributed by atoms with van der Waals surface area (Å²) in [4.78, 5) is 38.4. The van der Waals surface area contributed by atoms with Gasteiger partial charge in [0.2, 0.25) is 0 Å². The third kappa shape index (κ3) is 63.7. The molecular formula is C72H128O6. The van der Waals surface area contributed by atoms with E-state index in [0.29, 0.717) is 19.3 Å². The number of hydrogen-bond acceptors (Lipinski definition) is 6. The van der Waals surface area contributed by atoms with Crippen LogP contribution < -0.4 is 0 Å². The third-order valence-electron chi connectivity index (χ3n) is 14.9. The average Bonchev–Trinajstić information content (AvgIpc) is 3.44. The Balaban J connectivity index is 4.28. The van der Waals surface area contributed by atoms with E-state index in [1.807, 2.05) is 0 Å². The van der Waals surface area contributed by atoms with Crippen molar-refractivity contribution in [2.45, 2.75) is 354 Å². The zero-order valence-corrected chi connectivity index (χ0v) is 51.9. The molecule has 0 bridgehead atoms. The van der Waals surface area contributed by atoms with Gasteiger partial charge in [-0.3, -0.25) is 14.4 Å². The van der Waals surface area contributed by atoms with Crippen LogP contribution in [-0.2, 0) is 28.6 Å². The molecule has 78 heavy (non-hydrogen) atoms. The largest absolute Gasteiger partial charge is 0.462 e. The number of rotatable bonds is 62. The van der Waals surface area contributed by atoms with E-state index in [0.717, 1.165) is 96.3 Å². The van der Waals surface area contributed by atoms with E-state index in [2.05, 4.69) is 93.7 Å². The molecule has 0 fully saturated rings. The molecule has 0 aromatic heterocycles. The standard InChI is InChI=1S/C72H128O6/c1-4-7-10-13-16-19-22-25-28-30-32-33-34-35-36-37-38-39-40-42-44-47-50-53-56-59-62-65-71(74)77-68-69(67-76-70(73)64-61-58-55-52-49-46-43-27-24-21-18-15-12-9-6-3)78-72(75)66-63-60-57-54-51-48-45-41-31-29-26-23-20-17-14-11-8-5-2/h7,10,16,19-20,23,25,28-29,31-33,69H,4-6,8-9,11-15,17-18,21-22,24,26-27,30,34-68H2,1-3H3/b10-7-,19-16-,23-20-,28-25-,31-29-,33-32-. The van der Waals surface area contributed by atoms with Crippen LogP contribution in [-0.4, -0.2) is 37.2 Å². The van der Waals surface area contributed by atoms with Crippen molar-refractivity contribution < 1.29 is 28.6 Å². The Labute approximate surface area is 484 Å². The Kier molecular flexibility index (Phi) is 63.7. The van der Waals surface area contributed by atoms with Crippen molar-refractivity contribution in [3.05, 3.63) is 72.9 Å². The van der Waals surface area contributed by atoms with E-state index >= 15 is 0 Å². The van der Waals surface area contributed by atoms with Crippen molar-refractivity contribution in [1.82, 2.24) is 0 Å². The fraction of sp³-hybridized carbons (Fsp3) is 0.792. The Morgan fingerprint density at radius 2 is 0.500 bits per heavy atom. The molecule has 452 valence electrons. The summed E-state index contributed by atoms with van der Waals surface area (Å²) in [6.45, 7) is 6.56. The Morgan fingerprint density at radius 3 is 0.795 bits per heavy atom. The van der Waals surface area contributed by atoms with Gasteiger partial charge in [0.25, 0.3) is 0 Å². The summed E-state index contributed by atoms with van der Waals surface area (Å²) >= 11 is 0. The van der Waals surface area contributed by atoms with Gasteiger partial charge in [-0.2, -0.15) is 0 Å². The minimum absolute atomic E-state index is 0.0740. The van der Waals surface area contributed by atoms with Crippen LogP contribution in [0.4, 0.5) is 0 Å². The molecule has 0 amide bonds. The predicted octanol–water partition coefficient (Wildman–Crippen LogP) is 23.3. The van der Waals surface area contributed by atoms with Crippen LogP contribution in [0, 0.1) is 0 Å². The van der Waals surface area contributed by atoms with Crippen molar-refractivity contribution in [2.24, 2.45) is 0 Å². The molecule has 0 saturated carbocycles. The smallest absolute Gasteiger partial charge is 0.306 e. The lowest BCUT2D eigenvalue weighted by Crippen LogP contribution is -2.30. The first kappa shape index (κ1) is 74.8. The van der Waals surface area contributed by atoms with Gasteiger partial charge in [0, 0.05) is 19.3 Å². The number of ether oxygens (including phenoxy) is 3. The lowest BCUT2D eigenvalue weighted by atomic mass is 10.0. The first-order chi connectivity index (χ1) is 38.5.